The maximum atomic E-state index is 13.1. The van der Waals surface area contributed by atoms with Crippen molar-refractivity contribution >= 4 is 5.91 Å². The second-order valence-corrected chi connectivity index (χ2v) is 6.85. The normalized spacial score (nSPS) is 25.7. The molecule has 2 atom stereocenters. The number of phenols is 2. The molecule has 0 radical (unpaired) electrons. The zero-order valence-electron chi connectivity index (χ0n) is 13.5. The van der Waals surface area contributed by atoms with Crippen LogP contribution >= 0.6 is 0 Å². The average Bonchev–Trinajstić information content (AvgIpc) is 2.57. The highest BCUT2D eigenvalue weighted by Gasteiger charge is 2.57. The van der Waals surface area contributed by atoms with Crippen molar-refractivity contribution < 1.29 is 15.0 Å². The van der Waals surface area contributed by atoms with E-state index < -0.39 is 0 Å². The highest BCUT2D eigenvalue weighted by Crippen LogP contribution is 2.54. The number of amides is 1. The van der Waals surface area contributed by atoms with Crippen LogP contribution in [0.4, 0.5) is 0 Å². The Labute approximate surface area is 141 Å². The minimum absolute atomic E-state index is 0.0408. The van der Waals surface area contributed by atoms with Gasteiger partial charge in [0.05, 0.1) is 11.1 Å². The summed E-state index contributed by atoms with van der Waals surface area (Å²) in [7, 11) is 0. The Hall–Kier alpha value is -2.49. The molecule has 0 unspecified atom stereocenters. The number of aromatic hydroxyl groups is 2. The zero-order chi connectivity index (χ0) is 16.7. The van der Waals surface area contributed by atoms with Crippen molar-refractivity contribution in [2.24, 2.45) is 5.92 Å². The first-order valence-electron chi connectivity index (χ1n) is 8.52. The van der Waals surface area contributed by atoms with Crippen LogP contribution in [0.5, 0.6) is 11.5 Å². The smallest absolute Gasteiger partial charge is 0.258 e. The molecule has 1 saturated heterocycles. The summed E-state index contributed by atoms with van der Waals surface area (Å²) in [6.45, 7) is 0.730. The number of carbonyl (C=O) groups is 1. The van der Waals surface area contributed by atoms with Crippen molar-refractivity contribution in [3.05, 3.63) is 59.7 Å². The minimum atomic E-state index is -0.249. The molecule has 2 fully saturated rings. The molecule has 2 N–H and O–H groups in total. The van der Waals surface area contributed by atoms with Gasteiger partial charge in [-0.3, -0.25) is 4.79 Å². The molecule has 4 rings (SSSR count). The van der Waals surface area contributed by atoms with Crippen molar-refractivity contribution in [3.8, 4) is 11.5 Å². The van der Waals surface area contributed by atoms with E-state index in [1.165, 1.54) is 30.2 Å². The van der Waals surface area contributed by atoms with Gasteiger partial charge in [0.25, 0.3) is 5.91 Å². The number of nitrogens with zero attached hydrogens (tertiary/aromatic N) is 1. The minimum Gasteiger partial charge on any atom is -0.508 e. The van der Waals surface area contributed by atoms with Crippen LogP contribution in [0.2, 0.25) is 0 Å². The van der Waals surface area contributed by atoms with Crippen LogP contribution < -0.4 is 0 Å². The van der Waals surface area contributed by atoms with E-state index in [4.69, 9.17) is 0 Å². The van der Waals surface area contributed by atoms with Gasteiger partial charge in [-0.05, 0) is 30.5 Å². The predicted octanol–water partition coefficient (Wildman–Crippen LogP) is 3.64. The molecule has 4 nitrogen and oxygen atoms in total. The van der Waals surface area contributed by atoms with E-state index in [9.17, 15) is 15.0 Å². The van der Waals surface area contributed by atoms with E-state index in [-0.39, 0.29) is 28.5 Å². The number of phenolic OH excluding ortho intramolecular Hbond substituents is 2. The molecule has 4 heteroatoms. The van der Waals surface area contributed by atoms with Gasteiger partial charge >= 0.3 is 0 Å². The monoisotopic (exact) mass is 323 g/mol. The molecule has 1 amide bonds. The number of benzene rings is 2. The zero-order valence-corrected chi connectivity index (χ0v) is 13.5. The van der Waals surface area contributed by atoms with Gasteiger partial charge in [0.2, 0.25) is 0 Å². The number of rotatable bonds is 2. The van der Waals surface area contributed by atoms with Crippen LogP contribution in [0, 0.1) is 5.92 Å². The van der Waals surface area contributed by atoms with Crippen molar-refractivity contribution in [2.45, 2.75) is 31.2 Å². The summed E-state index contributed by atoms with van der Waals surface area (Å²) in [6, 6.07) is 14.4. The van der Waals surface area contributed by atoms with E-state index in [0.29, 0.717) is 5.92 Å². The third-order valence-electron chi connectivity index (χ3n) is 5.65. The van der Waals surface area contributed by atoms with E-state index in [1.54, 1.807) is 0 Å². The van der Waals surface area contributed by atoms with Gasteiger partial charge in [0, 0.05) is 18.5 Å². The first-order valence-corrected chi connectivity index (χ1v) is 8.52. The Bertz CT molecular complexity index is 774. The second kappa shape index (κ2) is 5.55. The largest absolute Gasteiger partial charge is 0.508 e. The molecule has 0 bridgehead atoms. The van der Waals surface area contributed by atoms with Gasteiger partial charge in [-0.1, -0.05) is 43.2 Å². The summed E-state index contributed by atoms with van der Waals surface area (Å²) in [4.78, 5) is 15.0. The highest BCUT2D eigenvalue weighted by molar-refractivity contribution is 5.98. The molecule has 0 aromatic heterocycles. The van der Waals surface area contributed by atoms with Gasteiger partial charge in [-0.25, -0.2) is 0 Å². The highest BCUT2D eigenvalue weighted by atomic mass is 16.3. The third-order valence-corrected chi connectivity index (χ3v) is 5.65. The first kappa shape index (κ1) is 15.1. The quantitative estimate of drug-likeness (QED) is 0.887. The lowest BCUT2D eigenvalue weighted by Crippen LogP contribution is -2.67. The van der Waals surface area contributed by atoms with Crippen LogP contribution in [-0.2, 0) is 5.54 Å². The molecule has 2 aromatic carbocycles. The fourth-order valence-corrected chi connectivity index (χ4v) is 4.47. The molecular weight excluding hydrogens is 302 g/mol. The lowest BCUT2D eigenvalue weighted by Gasteiger charge is -2.61. The molecule has 2 aliphatic rings. The summed E-state index contributed by atoms with van der Waals surface area (Å²) < 4.78 is 0. The first-order chi connectivity index (χ1) is 11.6. The van der Waals surface area contributed by atoms with E-state index in [2.05, 4.69) is 12.1 Å². The molecule has 2 aromatic rings. The van der Waals surface area contributed by atoms with Crippen molar-refractivity contribution in [2.75, 3.05) is 6.54 Å². The fourth-order valence-electron chi connectivity index (χ4n) is 4.47. The van der Waals surface area contributed by atoms with Gasteiger partial charge in [0.15, 0.2) is 0 Å². The molecular formula is C20H21NO3. The third kappa shape index (κ3) is 2.09. The number of carbonyl (C=O) groups excluding carboxylic acids is 1. The predicted molar refractivity (Wildman–Crippen MR) is 90.9 cm³/mol. The van der Waals surface area contributed by atoms with Gasteiger partial charge in [0.1, 0.15) is 11.5 Å². The van der Waals surface area contributed by atoms with Crippen LogP contribution in [0.15, 0.2) is 48.5 Å². The summed E-state index contributed by atoms with van der Waals surface area (Å²) in [5, 5.41) is 19.5. The Balaban J connectivity index is 1.73. The summed E-state index contributed by atoms with van der Waals surface area (Å²) in [6.07, 6.45) is 4.43. The molecule has 1 aliphatic heterocycles. The standard InChI is InChI=1S/C20H21NO3/c22-16-9-10-17(18(23)12-16)19(24)21-13-15-8-4-5-11-20(15,21)14-6-2-1-3-7-14/h1-3,6-7,9-10,12,15,22-23H,4-5,8,11,13H2/t15-,20-/m1/s1. The lowest BCUT2D eigenvalue weighted by atomic mass is 9.61. The lowest BCUT2D eigenvalue weighted by molar-refractivity contribution is -0.0869. The van der Waals surface area contributed by atoms with Gasteiger partial charge in [-0.2, -0.15) is 0 Å². The number of likely N-dealkylation sites (tertiary alicyclic amines) is 1. The fraction of sp³-hybridized carbons (Fsp3) is 0.350. The maximum Gasteiger partial charge on any atom is 0.258 e. The molecule has 1 saturated carbocycles. The van der Waals surface area contributed by atoms with E-state index in [0.717, 1.165) is 25.8 Å². The number of fused-ring (bicyclic) bond motifs is 1. The second-order valence-electron chi connectivity index (χ2n) is 6.85. The van der Waals surface area contributed by atoms with Crippen molar-refractivity contribution in [1.82, 2.24) is 4.90 Å². The van der Waals surface area contributed by atoms with Crippen LogP contribution in [0.3, 0.4) is 0 Å². The molecule has 1 heterocycles. The molecule has 24 heavy (non-hydrogen) atoms. The van der Waals surface area contributed by atoms with Gasteiger partial charge in [-0.15, -0.1) is 0 Å². The maximum absolute atomic E-state index is 13.1. The van der Waals surface area contributed by atoms with Crippen molar-refractivity contribution in [1.29, 1.82) is 0 Å². The SMILES string of the molecule is O=C(c1ccc(O)cc1O)N1C[C@H]2CCCC[C@@]21c1ccccc1. The summed E-state index contributed by atoms with van der Waals surface area (Å²) >= 11 is 0. The van der Waals surface area contributed by atoms with E-state index in [1.807, 2.05) is 23.1 Å². The molecule has 124 valence electrons. The summed E-state index contributed by atoms with van der Waals surface area (Å²) in [5.41, 5.74) is 1.20. The molecule has 0 spiro atoms. The number of hydrogen-bond donors (Lipinski definition) is 2. The van der Waals surface area contributed by atoms with Crippen molar-refractivity contribution in [3.63, 3.8) is 0 Å². The molecule has 1 aliphatic carbocycles. The Kier molecular flexibility index (Phi) is 3.48. The number of hydrogen-bond acceptors (Lipinski definition) is 3. The van der Waals surface area contributed by atoms with E-state index >= 15 is 0 Å². The van der Waals surface area contributed by atoms with Crippen LogP contribution in [0.25, 0.3) is 0 Å². The van der Waals surface area contributed by atoms with Gasteiger partial charge < -0.3 is 15.1 Å². The Morgan fingerprint density at radius 3 is 2.58 bits per heavy atom. The Morgan fingerprint density at radius 2 is 1.88 bits per heavy atom. The Morgan fingerprint density at radius 1 is 1.08 bits per heavy atom. The van der Waals surface area contributed by atoms with Crippen LogP contribution in [0.1, 0.15) is 41.6 Å². The van der Waals surface area contributed by atoms with Crippen LogP contribution in [-0.4, -0.2) is 27.6 Å². The summed E-state index contributed by atoms with van der Waals surface area (Å²) in [5.74, 6) is 0.120. The average molecular weight is 323 g/mol. The topological polar surface area (TPSA) is 60.8 Å².